The van der Waals surface area contributed by atoms with Crippen molar-refractivity contribution in [3.8, 4) is 0 Å². The van der Waals surface area contributed by atoms with Crippen LogP contribution in [-0.2, 0) is 10.0 Å². The molecule has 1 saturated carbocycles. The maximum Gasteiger partial charge on any atom is 0.251 e. The highest BCUT2D eigenvalue weighted by molar-refractivity contribution is 7.89. The number of carbonyl (C=O) groups excluding carboxylic acids is 1. The van der Waals surface area contributed by atoms with Crippen LogP contribution in [0.5, 0.6) is 0 Å². The van der Waals surface area contributed by atoms with E-state index in [1.54, 1.807) is 12.1 Å². The fraction of sp³-hybridized carbons (Fsp3) is 0.278. The van der Waals surface area contributed by atoms with Crippen molar-refractivity contribution in [3.05, 3.63) is 64.7 Å². The fourth-order valence-electron chi connectivity index (χ4n) is 2.70. The van der Waals surface area contributed by atoms with Gasteiger partial charge in [0.1, 0.15) is 0 Å². The summed E-state index contributed by atoms with van der Waals surface area (Å²) in [4.78, 5) is 11.7. The van der Waals surface area contributed by atoms with Crippen LogP contribution in [0.1, 0.15) is 34.8 Å². The molecule has 2 aromatic carbocycles. The molecular weight excluding hydrogens is 360 g/mol. The minimum atomic E-state index is -3.69. The normalized spacial score (nSPS) is 15.6. The summed E-state index contributed by atoms with van der Waals surface area (Å²) in [7, 11) is -2.16. The van der Waals surface area contributed by atoms with E-state index >= 15 is 0 Å². The first-order valence-electron chi connectivity index (χ1n) is 8.00. The van der Waals surface area contributed by atoms with E-state index in [1.165, 1.54) is 31.3 Å². The summed E-state index contributed by atoms with van der Waals surface area (Å²) in [5.74, 6) is 0.0371. The van der Waals surface area contributed by atoms with Gasteiger partial charge in [-0.25, -0.2) is 13.1 Å². The Morgan fingerprint density at radius 3 is 2.20 bits per heavy atom. The highest BCUT2D eigenvalue weighted by Gasteiger charge is 2.35. The quantitative estimate of drug-likeness (QED) is 0.810. The predicted molar refractivity (Wildman–Crippen MR) is 97.1 cm³/mol. The van der Waals surface area contributed by atoms with Crippen LogP contribution in [0.4, 0.5) is 0 Å². The van der Waals surface area contributed by atoms with E-state index in [-0.39, 0.29) is 16.8 Å². The number of sulfonamides is 1. The number of benzene rings is 2. The van der Waals surface area contributed by atoms with Crippen molar-refractivity contribution < 1.29 is 13.2 Å². The van der Waals surface area contributed by atoms with Crippen molar-refractivity contribution >= 4 is 27.5 Å². The van der Waals surface area contributed by atoms with Gasteiger partial charge < -0.3 is 5.32 Å². The van der Waals surface area contributed by atoms with Crippen molar-refractivity contribution in [3.63, 3.8) is 0 Å². The van der Waals surface area contributed by atoms with Crippen molar-refractivity contribution in [1.29, 1.82) is 0 Å². The molecule has 0 radical (unpaired) electrons. The van der Waals surface area contributed by atoms with Gasteiger partial charge in [-0.3, -0.25) is 4.79 Å². The lowest BCUT2D eigenvalue weighted by Gasteiger charge is -2.19. The molecule has 0 saturated heterocycles. The zero-order valence-electron chi connectivity index (χ0n) is 13.7. The number of halogens is 1. The Morgan fingerprint density at radius 1 is 1.08 bits per heavy atom. The van der Waals surface area contributed by atoms with Crippen LogP contribution in [0.3, 0.4) is 0 Å². The van der Waals surface area contributed by atoms with E-state index in [2.05, 4.69) is 10.0 Å². The summed E-state index contributed by atoms with van der Waals surface area (Å²) < 4.78 is 28.3. The topological polar surface area (TPSA) is 75.3 Å². The molecule has 1 amide bonds. The van der Waals surface area contributed by atoms with E-state index in [0.29, 0.717) is 16.5 Å². The molecule has 7 heteroatoms. The zero-order valence-corrected chi connectivity index (χ0v) is 15.3. The lowest BCUT2D eigenvalue weighted by atomic mass is 10.0. The minimum absolute atomic E-state index is 0.139. The number of hydrogen-bond acceptors (Lipinski definition) is 3. The molecular formula is C18H19ClN2O3S. The van der Waals surface area contributed by atoms with Gasteiger partial charge in [0.15, 0.2) is 0 Å². The third kappa shape index (κ3) is 4.21. The monoisotopic (exact) mass is 378 g/mol. The molecule has 1 atom stereocenters. The Morgan fingerprint density at radius 2 is 1.68 bits per heavy atom. The highest BCUT2D eigenvalue weighted by atomic mass is 35.5. The van der Waals surface area contributed by atoms with Crippen LogP contribution in [0.2, 0.25) is 5.02 Å². The molecule has 25 heavy (non-hydrogen) atoms. The summed E-state index contributed by atoms with van der Waals surface area (Å²) >= 11 is 5.92. The van der Waals surface area contributed by atoms with Gasteiger partial charge in [-0.05, 0) is 60.7 Å². The molecule has 1 aliphatic carbocycles. The Bertz CT molecular complexity index is 860. The van der Waals surface area contributed by atoms with E-state index in [4.69, 9.17) is 11.6 Å². The first kappa shape index (κ1) is 17.9. The Balaban J connectivity index is 1.83. The first-order chi connectivity index (χ1) is 11.9. The number of carbonyl (C=O) groups is 1. The Labute approximate surface area is 152 Å². The second-order valence-corrected chi connectivity index (χ2v) is 8.24. The highest BCUT2D eigenvalue weighted by Crippen LogP contribution is 2.42. The fourth-order valence-corrected chi connectivity index (χ4v) is 4.12. The summed E-state index contributed by atoms with van der Waals surface area (Å²) in [5, 5.41) is 3.12. The average molecular weight is 379 g/mol. The SMILES string of the molecule is CNC(=O)c1ccc(S(=O)(=O)N[C@H](c2ccc(Cl)cc2)C2CC2)cc1. The van der Waals surface area contributed by atoms with E-state index < -0.39 is 10.0 Å². The summed E-state index contributed by atoms with van der Waals surface area (Å²) in [6, 6.07) is 12.8. The first-order valence-corrected chi connectivity index (χ1v) is 9.87. The molecule has 0 heterocycles. The molecule has 3 rings (SSSR count). The molecule has 0 aliphatic heterocycles. The lowest BCUT2D eigenvalue weighted by molar-refractivity contribution is 0.0963. The molecule has 132 valence electrons. The molecule has 0 spiro atoms. The number of amides is 1. The molecule has 1 aliphatic rings. The van der Waals surface area contributed by atoms with Crippen molar-refractivity contribution in [1.82, 2.24) is 10.0 Å². The van der Waals surface area contributed by atoms with Gasteiger partial charge in [-0.1, -0.05) is 23.7 Å². The standard InChI is InChI=1S/C18H19ClN2O3S/c1-20-18(22)14-6-10-16(11-7-14)25(23,24)21-17(12-2-3-12)13-4-8-15(19)9-5-13/h4-12,17,21H,2-3H2,1H3,(H,20,22)/t17-/m0/s1. The maximum atomic E-state index is 12.7. The molecule has 0 bridgehead atoms. The van der Waals surface area contributed by atoms with E-state index in [9.17, 15) is 13.2 Å². The van der Waals surface area contributed by atoms with E-state index in [1.807, 2.05) is 12.1 Å². The predicted octanol–water partition coefficient (Wildman–Crippen LogP) is 3.13. The third-order valence-electron chi connectivity index (χ3n) is 4.26. The van der Waals surface area contributed by atoms with Gasteiger partial charge >= 0.3 is 0 Å². The van der Waals surface area contributed by atoms with Gasteiger partial charge in [0.25, 0.3) is 5.91 Å². The van der Waals surface area contributed by atoms with Crippen LogP contribution in [0.15, 0.2) is 53.4 Å². The average Bonchev–Trinajstić information content (AvgIpc) is 3.45. The molecule has 0 aromatic heterocycles. The second-order valence-electron chi connectivity index (χ2n) is 6.09. The Hall–Kier alpha value is -1.89. The summed E-state index contributed by atoms with van der Waals surface area (Å²) in [5.41, 5.74) is 1.32. The molecule has 2 aromatic rings. The summed E-state index contributed by atoms with van der Waals surface area (Å²) in [6.07, 6.45) is 1.98. The van der Waals surface area contributed by atoms with Gasteiger partial charge in [0.05, 0.1) is 4.90 Å². The van der Waals surface area contributed by atoms with Crippen molar-refractivity contribution in [2.45, 2.75) is 23.8 Å². The molecule has 5 nitrogen and oxygen atoms in total. The third-order valence-corrected chi connectivity index (χ3v) is 5.97. The number of hydrogen-bond donors (Lipinski definition) is 2. The van der Waals surface area contributed by atoms with Gasteiger partial charge in [-0.15, -0.1) is 0 Å². The van der Waals surface area contributed by atoms with Crippen LogP contribution >= 0.6 is 11.6 Å². The lowest BCUT2D eigenvalue weighted by Crippen LogP contribution is -2.30. The minimum Gasteiger partial charge on any atom is -0.355 e. The smallest absolute Gasteiger partial charge is 0.251 e. The van der Waals surface area contributed by atoms with Gasteiger partial charge in [0.2, 0.25) is 10.0 Å². The summed E-state index contributed by atoms with van der Waals surface area (Å²) in [6.45, 7) is 0. The van der Waals surface area contributed by atoms with Crippen molar-refractivity contribution in [2.75, 3.05) is 7.05 Å². The molecule has 0 unspecified atom stereocenters. The maximum absolute atomic E-state index is 12.7. The number of nitrogens with one attached hydrogen (secondary N) is 2. The van der Waals surface area contributed by atoms with Gasteiger partial charge in [0, 0.05) is 23.7 Å². The van der Waals surface area contributed by atoms with Crippen LogP contribution in [0.25, 0.3) is 0 Å². The van der Waals surface area contributed by atoms with Gasteiger partial charge in [-0.2, -0.15) is 0 Å². The molecule has 1 fully saturated rings. The zero-order chi connectivity index (χ0) is 18.0. The second kappa shape index (κ2) is 7.15. The van der Waals surface area contributed by atoms with Crippen LogP contribution in [0, 0.1) is 5.92 Å². The Kier molecular flexibility index (Phi) is 5.13. The molecule has 2 N–H and O–H groups in total. The van der Waals surface area contributed by atoms with Crippen LogP contribution in [-0.4, -0.2) is 21.4 Å². The van der Waals surface area contributed by atoms with Crippen molar-refractivity contribution in [2.24, 2.45) is 5.92 Å². The van der Waals surface area contributed by atoms with Crippen LogP contribution < -0.4 is 10.0 Å². The van der Waals surface area contributed by atoms with E-state index in [0.717, 1.165) is 18.4 Å². The largest absolute Gasteiger partial charge is 0.355 e. The number of rotatable bonds is 6.